The number of rotatable bonds is 1. The van der Waals surface area contributed by atoms with Gasteiger partial charge in [-0.25, -0.2) is 0 Å². The van der Waals surface area contributed by atoms with Gasteiger partial charge in [0, 0.05) is 23.2 Å². The maximum Gasteiger partial charge on any atom is 0.312 e. The van der Waals surface area contributed by atoms with Crippen LogP contribution in [-0.2, 0) is 9.59 Å². The Morgan fingerprint density at radius 2 is 1.43 bits per heavy atom. The monoisotopic (exact) mass is 323 g/mol. The number of carbonyl (C=O) groups excluding carboxylic acids is 2. The first-order valence-electron chi connectivity index (χ1n) is 9.04. The molecule has 0 radical (unpaired) electrons. The summed E-state index contributed by atoms with van der Waals surface area (Å²) in [4.78, 5) is 27.2. The van der Waals surface area contributed by atoms with Crippen molar-refractivity contribution in [2.45, 2.75) is 102 Å². The van der Waals surface area contributed by atoms with E-state index in [1.165, 1.54) is 12.8 Å². The molecular weight excluding hydrogens is 290 g/mol. The van der Waals surface area contributed by atoms with Crippen molar-refractivity contribution < 1.29 is 9.59 Å². The fourth-order valence-electron chi connectivity index (χ4n) is 4.68. The molecule has 1 saturated carbocycles. The Labute approximate surface area is 140 Å². The van der Waals surface area contributed by atoms with Gasteiger partial charge in [-0.1, -0.05) is 25.7 Å². The second kappa shape index (κ2) is 6.80. The average Bonchev–Trinajstić information content (AvgIpc) is 2.63. The van der Waals surface area contributed by atoms with E-state index >= 15 is 0 Å². The summed E-state index contributed by atoms with van der Waals surface area (Å²) < 4.78 is 0. The molecule has 2 aliphatic rings. The molecule has 0 aromatic heterocycles. The third-order valence-electron chi connectivity index (χ3n) is 5.32. The summed E-state index contributed by atoms with van der Waals surface area (Å²) in [5.41, 5.74) is 5.35. The summed E-state index contributed by atoms with van der Waals surface area (Å²) in [6.07, 6.45) is 8.13. The molecular formula is C18H33N3O2. The minimum absolute atomic E-state index is 0.0639. The number of nitrogens with one attached hydrogen (secondary N) is 1. The van der Waals surface area contributed by atoms with Crippen LogP contribution in [0.2, 0.25) is 0 Å². The molecule has 2 fully saturated rings. The molecule has 0 bridgehead atoms. The largest absolute Gasteiger partial charge is 0.345 e. The van der Waals surface area contributed by atoms with Crippen LogP contribution < -0.4 is 11.1 Å². The number of hydrogen-bond acceptors (Lipinski definition) is 3. The van der Waals surface area contributed by atoms with Crippen LogP contribution in [0.1, 0.15) is 79.1 Å². The van der Waals surface area contributed by atoms with E-state index in [1.807, 2.05) is 27.7 Å². The van der Waals surface area contributed by atoms with Gasteiger partial charge >= 0.3 is 11.8 Å². The van der Waals surface area contributed by atoms with Crippen LogP contribution in [0.25, 0.3) is 0 Å². The lowest BCUT2D eigenvalue weighted by Crippen LogP contribution is -2.67. The number of carbonyl (C=O) groups is 2. The van der Waals surface area contributed by atoms with Crippen LogP contribution in [-0.4, -0.2) is 39.9 Å². The first kappa shape index (κ1) is 18.2. The third-order valence-corrected chi connectivity index (χ3v) is 5.32. The molecule has 1 saturated heterocycles. The Morgan fingerprint density at radius 1 is 0.957 bits per heavy atom. The van der Waals surface area contributed by atoms with Crippen molar-refractivity contribution in [3.8, 4) is 0 Å². The van der Waals surface area contributed by atoms with Gasteiger partial charge in [0.2, 0.25) is 0 Å². The first-order chi connectivity index (χ1) is 10.6. The van der Waals surface area contributed by atoms with Crippen molar-refractivity contribution in [1.29, 1.82) is 0 Å². The van der Waals surface area contributed by atoms with E-state index in [-0.39, 0.29) is 12.1 Å². The van der Waals surface area contributed by atoms with Gasteiger partial charge in [-0.3, -0.25) is 9.59 Å². The molecule has 2 amide bonds. The summed E-state index contributed by atoms with van der Waals surface area (Å²) >= 11 is 0. The van der Waals surface area contributed by atoms with Crippen molar-refractivity contribution in [1.82, 2.24) is 10.2 Å². The van der Waals surface area contributed by atoms with Crippen LogP contribution in [0.4, 0.5) is 0 Å². The maximum atomic E-state index is 12.9. The van der Waals surface area contributed by atoms with Crippen molar-refractivity contribution in [2.75, 3.05) is 0 Å². The highest BCUT2D eigenvalue weighted by atomic mass is 16.2. The zero-order valence-corrected chi connectivity index (χ0v) is 15.2. The SMILES string of the molecule is CC1(C)CC(N)CC(C)(C)N1C(=O)C(=O)NC1CCCCCC1. The zero-order chi connectivity index (χ0) is 17.3. The van der Waals surface area contributed by atoms with Gasteiger partial charge < -0.3 is 16.0 Å². The number of nitrogens with zero attached hydrogens (tertiary/aromatic N) is 1. The Balaban J connectivity index is 2.09. The fraction of sp³-hybridized carbons (Fsp3) is 0.889. The number of likely N-dealkylation sites (tertiary alicyclic amines) is 1. The molecule has 1 aliphatic heterocycles. The molecule has 3 N–H and O–H groups in total. The molecule has 132 valence electrons. The van der Waals surface area contributed by atoms with E-state index in [2.05, 4.69) is 5.32 Å². The smallest absolute Gasteiger partial charge is 0.312 e. The fourth-order valence-corrected chi connectivity index (χ4v) is 4.68. The molecule has 0 atom stereocenters. The lowest BCUT2D eigenvalue weighted by atomic mass is 9.77. The molecule has 1 heterocycles. The Bertz CT molecular complexity index is 433. The second-order valence-electron chi connectivity index (χ2n) is 8.60. The predicted octanol–water partition coefficient (Wildman–Crippen LogP) is 2.33. The summed E-state index contributed by atoms with van der Waals surface area (Å²) in [6, 6.07) is 0.209. The second-order valence-corrected chi connectivity index (χ2v) is 8.60. The van der Waals surface area contributed by atoms with Crippen LogP contribution in [0.5, 0.6) is 0 Å². The highest BCUT2D eigenvalue weighted by Gasteiger charge is 2.48. The van der Waals surface area contributed by atoms with E-state index in [4.69, 9.17) is 5.73 Å². The Hall–Kier alpha value is -1.10. The Kier molecular flexibility index (Phi) is 5.39. The lowest BCUT2D eigenvalue weighted by molar-refractivity contribution is -0.159. The highest BCUT2D eigenvalue weighted by molar-refractivity contribution is 6.35. The van der Waals surface area contributed by atoms with Crippen molar-refractivity contribution in [3.05, 3.63) is 0 Å². The van der Waals surface area contributed by atoms with Gasteiger partial charge in [0.1, 0.15) is 0 Å². The highest BCUT2D eigenvalue weighted by Crippen LogP contribution is 2.37. The number of nitrogens with two attached hydrogens (primary N) is 1. The summed E-state index contributed by atoms with van der Waals surface area (Å²) in [6.45, 7) is 8.02. The van der Waals surface area contributed by atoms with Gasteiger partial charge in [-0.05, 0) is 53.4 Å². The van der Waals surface area contributed by atoms with Gasteiger partial charge in [0.05, 0.1) is 0 Å². The van der Waals surface area contributed by atoms with Crippen LogP contribution >= 0.6 is 0 Å². The molecule has 0 aromatic rings. The standard InChI is InChI=1S/C18H33N3O2/c1-17(2)11-13(19)12-18(3,4)21(17)16(23)15(22)20-14-9-7-5-6-8-10-14/h13-14H,5-12,19H2,1-4H3,(H,20,22). The zero-order valence-electron chi connectivity index (χ0n) is 15.2. The van der Waals surface area contributed by atoms with E-state index in [0.717, 1.165) is 38.5 Å². The summed E-state index contributed by atoms with van der Waals surface area (Å²) in [5.74, 6) is -0.857. The Morgan fingerprint density at radius 3 is 1.91 bits per heavy atom. The van der Waals surface area contributed by atoms with Gasteiger partial charge in [-0.2, -0.15) is 0 Å². The van der Waals surface area contributed by atoms with E-state index in [0.29, 0.717) is 0 Å². The molecule has 0 unspecified atom stereocenters. The molecule has 0 spiro atoms. The average molecular weight is 323 g/mol. The van der Waals surface area contributed by atoms with Gasteiger partial charge in [0.25, 0.3) is 0 Å². The van der Waals surface area contributed by atoms with Crippen LogP contribution in [0.15, 0.2) is 0 Å². The van der Waals surface area contributed by atoms with Crippen molar-refractivity contribution in [3.63, 3.8) is 0 Å². The molecule has 5 heteroatoms. The van der Waals surface area contributed by atoms with E-state index in [1.54, 1.807) is 4.90 Å². The molecule has 1 aliphatic carbocycles. The van der Waals surface area contributed by atoms with E-state index < -0.39 is 22.9 Å². The first-order valence-corrected chi connectivity index (χ1v) is 9.04. The lowest BCUT2D eigenvalue weighted by Gasteiger charge is -2.54. The number of amides is 2. The van der Waals surface area contributed by atoms with Gasteiger partial charge in [0.15, 0.2) is 0 Å². The summed E-state index contributed by atoms with van der Waals surface area (Å²) in [5, 5.41) is 2.98. The molecule has 23 heavy (non-hydrogen) atoms. The predicted molar refractivity (Wildman–Crippen MR) is 91.8 cm³/mol. The van der Waals surface area contributed by atoms with E-state index in [9.17, 15) is 9.59 Å². The normalized spacial score (nSPS) is 25.7. The maximum absolute atomic E-state index is 12.9. The quantitative estimate of drug-likeness (QED) is 0.574. The number of piperidine rings is 1. The van der Waals surface area contributed by atoms with Gasteiger partial charge in [-0.15, -0.1) is 0 Å². The minimum Gasteiger partial charge on any atom is -0.345 e. The molecule has 0 aromatic carbocycles. The van der Waals surface area contributed by atoms with Crippen LogP contribution in [0.3, 0.4) is 0 Å². The van der Waals surface area contributed by atoms with Crippen molar-refractivity contribution >= 4 is 11.8 Å². The molecule has 2 rings (SSSR count). The molecule has 5 nitrogen and oxygen atoms in total. The van der Waals surface area contributed by atoms with Crippen molar-refractivity contribution in [2.24, 2.45) is 5.73 Å². The number of hydrogen-bond donors (Lipinski definition) is 2. The summed E-state index contributed by atoms with van der Waals surface area (Å²) in [7, 11) is 0. The minimum atomic E-state index is -0.450. The third kappa shape index (κ3) is 4.25. The topological polar surface area (TPSA) is 75.4 Å². The van der Waals surface area contributed by atoms with Crippen LogP contribution in [0, 0.1) is 0 Å².